The Bertz CT molecular complexity index is 468. The summed E-state index contributed by atoms with van der Waals surface area (Å²) >= 11 is 0. The van der Waals surface area contributed by atoms with E-state index in [0.717, 1.165) is 11.1 Å². The largest absolute Gasteiger partial charge is 0.479 e. The highest BCUT2D eigenvalue weighted by atomic mass is 16.4. The molecule has 2 rings (SSSR count). The Balaban J connectivity index is 2.45. The maximum atomic E-state index is 11.0. The number of hydrogen-bond donors (Lipinski definition) is 2. The minimum Gasteiger partial charge on any atom is -0.479 e. The van der Waals surface area contributed by atoms with E-state index in [1.807, 2.05) is 60.7 Å². The maximum absolute atomic E-state index is 11.0. The van der Waals surface area contributed by atoms with Gasteiger partial charge in [0, 0.05) is 5.92 Å². The van der Waals surface area contributed by atoms with Crippen molar-refractivity contribution in [2.45, 2.75) is 12.0 Å². The van der Waals surface area contributed by atoms with Crippen molar-refractivity contribution in [1.82, 2.24) is 0 Å². The molecular formula is C15H14O3. The number of rotatable bonds is 4. The van der Waals surface area contributed by atoms with Gasteiger partial charge in [-0.15, -0.1) is 0 Å². The van der Waals surface area contributed by atoms with E-state index < -0.39 is 18.0 Å². The van der Waals surface area contributed by atoms with Crippen molar-refractivity contribution >= 4 is 5.97 Å². The van der Waals surface area contributed by atoms with Crippen LogP contribution < -0.4 is 0 Å². The molecule has 1 atom stereocenters. The van der Waals surface area contributed by atoms with Gasteiger partial charge in [-0.2, -0.15) is 0 Å². The molecular weight excluding hydrogens is 228 g/mol. The highest BCUT2D eigenvalue weighted by Gasteiger charge is 2.28. The molecule has 0 heterocycles. The lowest BCUT2D eigenvalue weighted by Gasteiger charge is -2.20. The fourth-order valence-electron chi connectivity index (χ4n) is 2.02. The first-order chi connectivity index (χ1) is 8.70. The van der Waals surface area contributed by atoms with Crippen molar-refractivity contribution in [3.05, 3.63) is 71.8 Å². The molecule has 0 fully saturated rings. The van der Waals surface area contributed by atoms with Crippen LogP contribution in [0.1, 0.15) is 17.0 Å². The fraction of sp³-hybridized carbons (Fsp3) is 0.133. The normalized spacial score (nSPS) is 12.3. The van der Waals surface area contributed by atoms with Crippen molar-refractivity contribution in [3.63, 3.8) is 0 Å². The fourth-order valence-corrected chi connectivity index (χ4v) is 2.02. The van der Waals surface area contributed by atoms with Gasteiger partial charge in [-0.3, -0.25) is 0 Å². The molecule has 2 aromatic carbocycles. The first kappa shape index (κ1) is 12.3. The lowest BCUT2D eigenvalue weighted by atomic mass is 9.86. The van der Waals surface area contributed by atoms with Crippen LogP contribution in [0.4, 0.5) is 0 Å². The molecule has 92 valence electrons. The molecule has 0 aliphatic heterocycles. The molecule has 0 saturated heterocycles. The van der Waals surface area contributed by atoms with Crippen molar-refractivity contribution in [2.24, 2.45) is 0 Å². The molecule has 0 aliphatic rings. The Kier molecular flexibility index (Phi) is 3.75. The summed E-state index contributed by atoms with van der Waals surface area (Å²) in [6.45, 7) is 0. The number of hydrogen-bond acceptors (Lipinski definition) is 2. The van der Waals surface area contributed by atoms with Gasteiger partial charge in [0.25, 0.3) is 0 Å². The lowest BCUT2D eigenvalue weighted by molar-refractivity contribution is -0.147. The molecule has 0 radical (unpaired) electrons. The number of aliphatic carboxylic acids is 1. The Morgan fingerprint density at radius 2 is 1.22 bits per heavy atom. The van der Waals surface area contributed by atoms with Crippen LogP contribution in [0.5, 0.6) is 0 Å². The minimum absolute atomic E-state index is 0.551. The lowest BCUT2D eigenvalue weighted by Crippen LogP contribution is -2.28. The molecule has 3 heteroatoms. The number of benzene rings is 2. The van der Waals surface area contributed by atoms with E-state index in [0.29, 0.717) is 0 Å². The van der Waals surface area contributed by atoms with Gasteiger partial charge in [-0.1, -0.05) is 60.7 Å². The summed E-state index contributed by atoms with van der Waals surface area (Å²) < 4.78 is 0. The van der Waals surface area contributed by atoms with Gasteiger partial charge in [-0.05, 0) is 11.1 Å². The third-order valence-electron chi connectivity index (χ3n) is 2.89. The van der Waals surface area contributed by atoms with Crippen LogP contribution in [0.3, 0.4) is 0 Å². The van der Waals surface area contributed by atoms with Crippen LogP contribution in [0.15, 0.2) is 60.7 Å². The maximum Gasteiger partial charge on any atom is 0.333 e. The first-order valence-electron chi connectivity index (χ1n) is 5.71. The predicted octanol–water partition coefficient (Wildman–Crippen LogP) is 2.26. The molecule has 0 bridgehead atoms. The summed E-state index contributed by atoms with van der Waals surface area (Å²) in [6.07, 6.45) is -1.45. The smallest absolute Gasteiger partial charge is 0.333 e. The van der Waals surface area contributed by atoms with Gasteiger partial charge in [0.1, 0.15) is 0 Å². The monoisotopic (exact) mass is 242 g/mol. The average Bonchev–Trinajstić information content (AvgIpc) is 2.41. The van der Waals surface area contributed by atoms with E-state index in [-0.39, 0.29) is 0 Å². The zero-order chi connectivity index (χ0) is 13.0. The second-order valence-electron chi connectivity index (χ2n) is 4.08. The Labute approximate surface area is 105 Å². The number of carboxylic acids is 1. The molecule has 0 spiro atoms. The summed E-state index contributed by atoms with van der Waals surface area (Å²) in [5.41, 5.74) is 1.58. The Hall–Kier alpha value is -2.13. The van der Waals surface area contributed by atoms with Gasteiger partial charge in [0.05, 0.1) is 0 Å². The van der Waals surface area contributed by atoms with E-state index in [2.05, 4.69) is 0 Å². The number of aliphatic hydroxyl groups excluding tert-OH is 1. The van der Waals surface area contributed by atoms with Crippen molar-refractivity contribution < 1.29 is 15.0 Å². The Morgan fingerprint density at radius 3 is 1.56 bits per heavy atom. The van der Waals surface area contributed by atoms with Crippen LogP contribution in [-0.4, -0.2) is 22.3 Å². The van der Waals surface area contributed by atoms with Gasteiger partial charge in [0.2, 0.25) is 0 Å². The van der Waals surface area contributed by atoms with Gasteiger partial charge < -0.3 is 10.2 Å². The van der Waals surface area contributed by atoms with E-state index in [4.69, 9.17) is 5.11 Å². The van der Waals surface area contributed by atoms with Crippen molar-refractivity contribution in [1.29, 1.82) is 0 Å². The summed E-state index contributed by atoms with van der Waals surface area (Å²) in [5, 5.41) is 18.9. The molecule has 0 saturated carbocycles. The highest BCUT2D eigenvalue weighted by molar-refractivity contribution is 5.74. The quantitative estimate of drug-likeness (QED) is 0.864. The Morgan fingerprint density at radius 1 is 0.833 bits per heavy atom. The molecule has 3 nitrogen and oxygen atoms in total. The van der Waals surface area contributed by atoms with Gasteiger partial charge in [-0.25, -0.2) is 4.79 Å². The van der Waals surface area contributed by atoms with Gasteiger partial charge in [0.15, 0.2) is 6.10 Å². The van der Waals surface area contributed by atoms with Crippen LogP contribution in [0.2, 0.25) is 0 Å². The molecule has 0 amide bonds. The molecule has 2 N–H and O–H groups in total. The van der Waals surface area contributed by atoms with Crippen molar-refractivity contribution in [2.75, 3.05) is 0 Å². The van der Waals surface area contributed by atoms with Crippen LogP contribution in [0, 0.1) is 0 Å². The number of carbonyl (C=O) groups is 1. The molecule has 0 aliphatic carbocycles. The zero-order valence-electron chi connectivity index (χ0n) is 9.73. The second kappa shape index (κ2) is 5.47. The highest BCUT2D eigenvalue weighted by Crippen LogP contribution is 2.28. The number of aliphatic hydroxyl groups is 1. The number of carboxylic acid groups (broad SMARTS) is 1. The topological polar surface area (TPSA) is 57.5 Å². The first-order valence-corrected chi connectivity index (χ1v) is 5.71. The van der Waals surface area contributed by atoms with Gasteiger partial charge >= 0.3 is 5.97 Å². The minimum atomic E-state index is -1.45. The summed E-state index contributed by atoms with van der Waals surface area (Å²) in [5.74, 6) is -1.77. The standard InChI is InChI=1S/C15H14O3/c16-14(15(17)18)13(11-7-3-1-4-8-11)12-9-5-2-6-10-12/h1-10,13-14,16H,(H,17,18). The molecule has 2 aromatic rings. The predicted molar refractivity (Wildman–Crippen MR) is 68.4 cm³/mol. The molecule has 18 heavy (non-hydrogen) atoms. The van der Waals surface area contributed by atoms with Crippen LogP contribution in [0.25, 0.3) is 0 Å². The van der Waals surface area contributed by atoms with Crippen molar-refractivity contribution in [3.8, 4) is 0 Å². The van der Waals surface area contributed by atoms with Crippen LogP contribution in [-0.2, 0) is 4.79 Å². The van der Waals surface area contributed by atoms with E-state index >= 15 is 0 Å². The third-order valence-corrected chi connectivity index (χ3v) is 2.89. The SMILES string of the molecule is O=C(O)C(O)C(c1ccccc1)c1ccccc1. The average molecular weight is 242 g/mol. The zero-order valence-corrected chi connectivity index (χ0v) is 9.73. The third kappa shape index (κ3) is 2.57. The second-order valence-corrected chi connectivity index (χ2v) is 4.08. The van der Waals surface area contributed by atoms with E-state index in [9.17, 15) is 9.90 Å². The summed E-state index contributed by atoms with van der Waals surface area (Å²) in [4.78, 5) is 11.0. The molecule has 0 aromatic heterocycles. The summed E-state index contributed by atoms with van der Waals surface area (Å²) in [7, 11) is 0. The van der Waals surface area contributed by atoms with E-state index in [1.165, 1.54) is 0 Å². The van der Waals surface area contributed by atoms with Crippen LogP contribution >= 0.6 is 0 Å². The summed E-state index contributed by atoms with van der Waals surface area (Å²) in [6, 6.07) is 18.3. The van der Waals surface area contributed by atoms with E-state index in [1.54, 1.807) is 0 Å². The molecule has 1 unspecified atom stereocenters.